The molecule has 9 nitrogen and oxygen atoms in total. The zero-order valence-electron chi connectivity index (χ0n) is 16.0. The number of hydrogen-bond acceptors (Lipinski definition) is 6. The fraction of sp³-hybridized carbons (Fsp3) is 0.368. The lowest BCUT2D eigenvalue weighted by atomic mass is 10.2. The summed E-state index contributed by atoms with van der Waals surface area (Å²) in [6.07, 6.45) is 1.82. The van der Waals surface area contributed by atoms with Gasteiger partial charge in [-0.15, -0.1) is 10.2 Å². The summed E-state index contributed by atoms with van der Waals surface area (Å²) in [6, 6.07) is 9.62. The van der Waals surface area contributed by atoms with Crippen molar-refractivity contribution in [1.82, 2.24) is 30.0 Å². The molecule has 146 valence electrons. The van der Waals surface area contributed by atoms with Crippen molar-refractivity contribution in [2.24, 2.45) is 0 Å². The van der Waals surface area contributed by atoms with Gasteiger partial charge in [0.15, 0.2) is 11.5 Å². The maximum atomic E-state index is 12.5. The summed E-state index contributed by atoms with van der Waals surface area (Å²) in [4.78, 5) is 16.5. The molecule has 28 heavy (non-hydrogen) atoms. The van der Waals surface area contributed by atoms with Crippen LogP contribution in [0.3, 0.4) is 0 Å². The standard InChI is InChI=1S/C19H23N7O2/c1-14-22-23-18-11-16(13-21-26(14)18)24-6-8-25(9-7-24)19(27)20-12-15-4-3-5-17(10-15)28-2/h3-5,10-11,13H,6-9,12H2,1-2H3,(H,20,27). The van der Waals surface area contributed by atoms with Gasteiger partial charge in [-0.2, -0.15) is 9.61 Å². The number of anilines is 1. The number of benzene rings is 1. The predicted octanol–water partition coefficient (Wildman–Crippen LogP) is 1.47. The van der Waals surface area contributed by atoms with E-state index in [0.717, 1.165) is 41.6 Å². The molecule has 1 aliphatic heterocycles. The van der Waals surface area contributed by atoms with Gasteiger partial charge in [-0.25, -0.2) is 4.79 Å². The monoisotopic (exact) mass is 381 g/mol. The highest BCUT2D eigenvalue weighted by molar-refractivity contribution is 5.74. The lowest BCUT2D eigenvalue weighted by Gasteiger charge is -2.35. The molecule has 4 rings (SSSR count). The first-order chi connectivity index (χ1) is 13.6. The van der Waals surface area contributed by atoms with Crippen LogP contribution in [0.4, 0.5) is 10.5 Å². The summed E-state index contributed by atoms with van der Waals surface area (Å²) >= 11 is 0. The Morgan fingerprint density at radius 2 is 2.00 bits per heavy atom. The molecule has 0 spiro atoms. The number of piperazine rings is 1. The van der Waals surface area contributed by atoms with E-state index in [4.69, 9.17) is 4.74 Å². The van der Waals surface area contributed by atoms with Crippen LogP contribution in [0.25, 0.3) is 5.65 Å². The Morgan fingerprint density at radius 1 is 1.18 bits per heavy atom. The molecule has 0 aliphatic carbocycles. The fourth-order valence-electron chi connectivity index (χ4n) is 3.31. The number of nitrogens with one attached hydrogen (secondary N) is 1. The number of urea groups is 1. The highest BCUT2D eigenvalue weighted by Gasteiger charge is 2.21. The molecule has 2 amide bonds. The summed E-state index contributed by atoms with van der Waals surface area (Å²) in [7, 11) is 1.63. The zero-order valence-corrected chi connectivity index (χ0v) is 16.0. The Morgan fingerprint density at radius 3 is 2.79 bits per heavy atom. The minimum atomic E-state index is -0.0517. The van der Waals surface area contributed by atoms with Crippen molar-refractivity contribution >= 4 is 17.4 Å². The molecule has 1 aromatic carbocycles. The molecular weight excluding hydrogens is 358 g/mol. The number of amides is 2. The summed E-state index contributed by atoms with van der Waals surface area (Å²) in [6.45, 7) is 5.15. The maximum Gasteiger partial charge on any atom is 0.317 e. The van der Waals surface area contributed by atoms with Crippen LogP contribution < -0.4 is 15.0 Å². The molecule has 3 heterocycles. The Bertz CT molecular complexity index is 979. The van der Waals surface area contributed by atoms with Gasteiger partial charge in [0.05, 0.1) is 19.0 Å². The van der Waals surface area contributed by atoms with Crippen LogP contribution in [-0.2, 0) is 6.54 Å². The minimum Gasteiger partial charge on any atom is -0.497 e. The number of hydrogen-bond donors (Lipinski definition) is 1. The first kappa shape index (κ1) is 18.0. The molecule has 0 bridgehead atoms. The number of ether oxygens (including phenoxy) is 1. The number of aryl methyl sites for hydroxylation is 1. The first-order valence-corrected chi connectivity index (χ1v) is 9.23. The van der Waals surface area contributed by atoms with E-state index in [0.29, 0.717) is 19.6 Å². The predicted molar refractivity (Wildman–Crippen MR) is 105 cm³/mol. The van der Waals surface area contributed by atoms with Crippen molar-refractivity contribution < 1.29 is 9.53 Å². The number of aromatic nitrogens is 4. The summed E-state index contributed by atoms with van der Waals surface area (Å²) in [5.74, 6) is 1.55. The molecule has 3 aromatic rings. The van der Waals surface area contributed by atoms with Crippen molar-refractivity contribution in [3.8, 4) is 5.75 Å². The van der Waals surface area contributed by atoms with E-state index < -0.39 is 0 Å². The average Bonchev–Trinajstić information content (AvgIpc) is 3.12. The van der Waals surface area contributed by atoms with Crippen LogP contribution in [0.1, 0.15) is 11.4 Å². The van der Waals surface area contributed by atoms with Crippen LogP contribution >= 0.6 is 0 Å². The molecule has 1 fully saturated rings. The van der Waals surface area contributed by atoms with Crippen LogP contribution in [0.15, 0.2) is 36.5 Å². The normalized spacial score (nSPS) is 14.4. The van der Waals surface area contributed by atoms with Crippen LogP contribution in [0, 0.1) is 6.92 Å². The quantitative estimate of drug-likeness (QED) is 0.736. The third-order valence-electron chi connectivity index (χ3n) is 4.91. The van der Waals surface area contributed by atoms with Crippen molar-refractivity contribution in [2.75, 3.05) is 38.2 Å². The third kappa shape index (κ3) is 3.68. The molecule has 2 aromatic heterocycles. The Kier molecular flexibility index (Phi) is 4.96. The first-order valence-electron chi connectivity index (χ1n) is 9.23. The van der Waals surface area contributed by atoms with Crippen molar-refractivity contribution in [2.45, 2.75) is 13.5 Å². The lowest BCUT2D eigenvalue weighted by molar-refractivity contribution is 0.194. The van der Waals surface area contributed by atoms with Gasteiger partial charge in [-0.3, -0.25) is 0 Å². The van der Waals surface area contributed by atoms with Gasteiger partial charge in [0.1, 0.15) is 5.75 Å². The van der Waals surface area contributed by atoms with E-state index in [-0.39, 0.29) is 6.03 Å². The largest absolute Gasteiger partial charge is 0.497 e. The van der Waals surface area contributed by atoms with Gasteiger partial charge in [0.2, 0.25) is 0 Å². The number of rotatable bonds is 4. The Balaban J connectivity index is 1.32. The molecule has 0 saturated carbocycles. The molecule has 0 atom stereocenters. The van der Waals surface area contributed by atoms with Gasteiger partial charge < -0.3 is 19.9 Å². The smallest absolute Gasteiger partial charge is 0.317 e. The number of fused-ring (bicyclic) bond motifs is 1. The van der Waals surface area contributed by atoms with Crippen LogP contribution in [-0.4, -0.2) is 64.0 Å². The average molecular weight is 381 g/mol. The highest BCUT2D eigenvalue weighted by atomic mass is 16.5. The van der Waals surface area contributed by atoms with Gasteiger partial charge in [-0.1, -0.05) is 12.1 Å². The number of carbonyl (C=O) groups excluding carboxylic acids is 1. The molecular formula is C19H23N7O2. The van der Waals surface area contributed by atoms with Crippen LogP contribution in [0.2, 0.25) is 0 Å². The summed E-state index contributed by atoms with van der Waals surface area (Å²) in [5, 5.41) is 15.5. The van der Waals surface area contributed by atoms with Gasteiger partial charge >= 0.3 is 6.03 Å². The second-order valence-corrected chi connectivity index (χ2v) is 6.72. The maximum absolute atomic E-state index is 12.5. The summed E-state index contributed by atoms with van der Waals surface area (Å²) in [5.41, 5.74) is 2.74. The third-order valence-corrected chi connectivity index (χ3v) is 4.91. The van der Waals surface area contributed by atoms with E-state index in [9.17, 15) is 4.79 Å². The lowest BCUT2D eigenvalue weighted by Crippen LogP contribution is -2.51. The summed E-state index contributed by atoms with van der Waals surface area (Å²) < 4.78 is 6.93. The van der Waals surface area contributed by atoms with E-state index >= 15 is 0 Å². The molecule has 1 saturated heterocycles. The topological polar surface area (TPSA) is 87.9 Å². The SMILES string of the molecule is COc1cccc(CNC(=O)N2CCN(c3cnn4c(C)nnc4c3)CC2)c1. The molecule has 1 aliphatic rings. The van der Waals surface area contributed by atoms with Crippen molar-refractivity contribution in [1.29, 1.82) is 0 Å². The van der Waals surface area contributed by atoms with Crippen LogP contribution in [0.5, 0.6) is 5.75 Å². The van der Waals surface area contributed by atoms with Crippen molar-refractivity contribution in [3.05, 3.63) is 47.9 Å². The Hall–Kier alpha value is -3.36. The molecule has 0 radical (unpaired) electrons. The number of nitrogens with zero attached hydrogens (tertiary/aromatic N) is 6. The Labute approximate surface area is 162 Å². The second kappa shape index (κ2) is 7.71. The molecule has 9 heteroatoms. The van der Waals surface area contributed by atoms with Gasteiger partial charge in [0, 0.05) is 38.8 Å². The van der Waals surface area contributed by atoms with E-state index in [1.54, 1.807) is 11.6 Å². The second-order valence-electron chi connectivity index (χ2n) is 6.72. The van der Waals surface area contributed by atoms with Gasteiger partial charge in [-0.05, 0) is 24.6 Å². The molecule has 0 unspecified atom stereocenters. The number of methoxy groups -OCH3 is 1. The van der Waals surface area contributed by atoms with E-state index in [2.05, 4.69) is 25.5 Å². The van der Waals surface area contributed by atoms with E-state index in [1.807, 2.05) is 48.4 Å². The van der Waals surface area contributed by atoms with Crippen molar-refractivity contribution in [3.63, 3.8) is 0 Å². The number of carbonyl (C=O) groups is 1. The fourth-order valence-corrected chi connectivity index (χ4v) is 3.31. The molecule has 1 N–H and O–H groups in total. The minimum absolute atomic E-state index is 0.0517. The highest BCUT2D eigenvalue weighted by Crippen LogP contribution is 2.17. The zero-order chi connectivity index (χ0) is 19.5. The van der Waals surface area contributed by atoms with E-state index in [1.165, 1.54) is 0 Å². The van der Waals surface area contributed by atoms with Gasteiger partial charge in [0.25, 0.3) is 0 Å².